The number of benzene rings is 10. The summed E-state index contributed by atoms with van der Waals surface area (Å²) in [6.07, 6.45) is -52.9. The fraction of sp³-hybridized carbons (Fsp3) is 0.236. The number of alkyl halides is 33. The quantitative estimate of drug-likeness (QED) is 0.134. The van der Waals surface area contributed by atoms with Crippen molar-refractivity contribution >= 4 is 0 Å². The van der Waals surface area contributed by atoms with E-state index in [4.69, 9.17) is 42.1 Å². The zero-order chi connectivity index (χ0) is 101. The number of rotatable bonds is 0. The molecule has 0 radical (unpaired) electrons. The molecule has 0 atom stereocenters. The summed E-state index contributed by atoms with van der Waals surface area (Å²) in [6, 6.07) is 51.2. The van der Waals surface area contributed by atoms with Gasteiger partial charge >= 0.3 is 67.9 Å². The second kappa shape index (κ2) is 47.0. The summed E-state index contributed by atoms with van der Waals surface area (Å²) in [7, 11) is 0. The number of halogens is 33. The van der Waals surface area contributed by atoms with Crippen LogP contribution in [0, 0.1) is 160 Å². The van der Waals surface area contributed by atoms with Crippen LogP contribution in [0.25, 0.3) is 0 Å². The first-order chi connectivity index (χ1) is 59.2. The van der Waals surface area contributed by atoms with Crippen LogP contribution < -0.4 is 0 Å². The fourth-order valence-electron chi connectivity index (χ4n) is 9.93. The van der Waals surface area contributed by atoms with Crippen LogP contribution in [0.5, 0.6) is 0 Å². The maximum Gasteiger partial charge on any atom is 0.416 e. The molecule has 8 nitrogen and oxygen atoms in total. The SMILES string of the molecule is Cc1c(C#N)cc(C#N)cc1C#N.Cc1c(C(F)(F)F)cc(C(F)(F)F)cc1C(F)(F)F.Cc1c(C(F)(F)F)cccc1C(F)(F)F.Cc1cc(C#N)cc(C#N)c1.Cc1cc(C(F)(F)F)cc(C(F)(F)F)c1.Cc1ccc(C#N)cc1C#N.Cc1ccc(C(F)(F)F)cc1.Cc1ccc(C(F)(F)F)cc1C(F)(F)F.Cc1cccc(C(F)(F)F)c1.Cc1ccccc1C#N. The first kappa shape index (κ1) is 114. The molecule has 130 heavy (non-hydrogen) atoms. The van der Waals surface area contributed by atoms with Crippen LogP contribution in [0.2, 0.25) is 0 Å². The minimum absolute atomic E-state index is 0.0721. The van der Waals surface area contributed by atoms with Gasteiger partial charge in [-0.2, -0.15) is 187 Å². The Morgan fingerprint density at radius 1 is 0.169 bits per heavy atom. The van der Waals surface area contributed by atoms with Gasteiger partial charge in [-0.1, -0.05) is 77.9 Å². The molecular formula is C89H61F33N8. The van der Waals surface area contributed by atoms with Crippen molar-refractivity contribution in [1.29, 1.82) is 42.1 Å². The maximum atomic E-state index is 12.5. The van der Waals surface area contributed by atoms with E-state index in [1.807, 2.05) is 87.5 Å². The van der Waals surface area contributed by atoms with Crippen molar-refractivity contribution in [2.75, 3.05) is 0 Å². The van der Waals surface area contributed by atoms with Crippen molar-refractivity contribution < 1.29 is 145 Å². The Kier molecular flexibility index (Phi) is 41.2. The van der Waals surface area contributed by atoms with E-state index in [1.165, 1.54) is 37.3 Å². The zero-order valence-electron chi connectivity index (χ0n) is 67.9. The van der Waals surface area contributed by atoms with Gasteiger partial charge in [-0.3, -0.25) is 0 Å². The van der Waals surface area contributed by atoms with E-state index in [2.05, 4.69) is 6.07 Å². The second-order valence-electron chi connectivity index (χ2n) is 26.5. The molecule has 0 amide bonds. The van der Waals surface area contributed by atoms with Crippen LogP contribution in [-0.2, 0) is 67.9 Å². The highest BCUT2D eigenvalue weighted by molar-refractivity contribution is 5.53. The molecule has 0 bridgehead atoms. The number of hydrogen-bond donors (Lipinski definition) is 0. The number of hydrogen-bond acceptors (Lipinski definition) is 8. The van der Waals surface area contributed by atoms with Gasteiger partial charge in [0.1, 0.15) is 0 Å². The summed E-state index contributed by atoms with van der Waals surface area (Å²) in [4.78, 5) is 0. The Bertz CT molecular complexity index is 5670. The Morgan fingerprint density at radius 2 is 0.469 bits per heavy atom. The average molecular weight is 1870 g/mol. The van der Waals surface area contributed by atoms with Crippen molar-refractivity contribution in [1.82, 2.24) is 0 Å². The van der Waals surface area contributed by atoms with Gasteiger partial charge in [-0.25, -0.2) is 0 Å². The summed E-state index contributed by atoms with van der Waals surface area (Å²) >= 11 is 0. The molecule has 10 rings (SSSR count). The van der Waals surface area contributed by atoms with Gasteiger partial charge in [0.15, 0.2) is 0 Å². The summed E-state index contributed by atoms with van der Waals surface area (Å²) in [5.74, 6) is 0. The van der Waals surface area contributed by atoms with Crippen molar-refractivity contribution in [2.45, 2.75) is 137 Å². The summed E-state index contributed by atoms with van der Waals surface area (Å²) in [5, 5.41) is 68.6. The third-order valence-corrected chi connectivity index (χ3v) is 16.5. The monoisotopic (exact) mass is 1870 g/mol. The largest absolute Gasteiger partial charge is 0.416 e. The van der Waals surface area contributed by atoms with Crippen LogP contribution >= 0.6 is 0 Å². The predicted octanol–water partition coefficient (Wildman–Crippen LogP) is 30.1. The smallest absolute Gasteiger partial charge is 0.192 e. The highest BCUT2D eigenvalue weighted by atomic mass is 19.5. The third-order valence-electron chi connectivity index (χ3n) is 16.5. The van der Waals surface area contributed by atoms with Gasteiger partial charge < -0.3 is 0 Å². The molecule has 10 aromatic rings. The predicted molar refractivity (Wildman–Crippen MR) is 405 cm³/mol. The molecule has 41 heteroatoms. The highest BCUT2D eigenvalue weighted by Crippen LogP contribution is 2.45. The minimum atomic E-state index is -5.30. The van der Waals surface area contributed by atoms with Gasteiger partial charge in [0.25, 0.3) is 0 Å². The van der Waals surface area contributed by atoms with E-state index in [1.54, 1.807) is 63.2 Å². The first-order valence-corrected chi connectivity index (χ1v) is 35.2. The molecule has 0 aromatic heterocycles. The lowest BCUT2D eigenvalue weighted by Gasteiger charge is -2.19. The fourth-order valence-corrected chi connectivity index (χ4v) is 9.93. The van der Waals surface area contributed by atoms with Gasteiger partial charge in [0.2, 0.25) is 0 Å². The maximum absolute atomic E-state index is 12.5. The van der Waals surface area contributed by atoms with Gasteiger partial charge in [0, 0.05) is 0 Å². The van der Waals surface area contributed by atoms with E-state index < -0.39 is 140 Å². The molecule has 0 spiro atoms. The Morgan fingerprint density at radius 3 is 0.808 bits per heavy atom. The van der Waals surface area contributed by atoms with Crippen LogP contribution in [0.4, 0.5) is 145 Å². The van der Waals surface area contributed by atoms with Gasteiger partial charge in [-0.15, -0.1) is 0 Å². The Balaban J connectivity index is 0.000000727. The number of aryl methyl sites for hydroxylation is 7. The van der Waals surface area contributed by atoms with Crippen LogP contribution in [0.15, 0.2) is 188 Å². The minimum Gasteiger partial charge on any atom is -0.192 e. The topological polar surface area (TPSA) is 190 Å². The molecule has 0 aliphatic rings. The molecule has 0 aliphatic heterocycles. The molecule has 0 aliphatic carbocycles. The van der Waals surface area contributed by atoms with Crippen molar-refractivity contribution in [3.63, 3.8) is 0 Å². The molecule has 688 valence electrons. The molecule has 0 saturated heterocycles. The summed E-state index contributed by atoms with van der Waals surface area (Å²) in [6.45, 7) is 14.3. The highest BCUT2D eigenvalue weighted by Gasteiger charge is 2.45. The zero-order valence-corrected chi connectivity index (χ0v) is 67.9. The van der Waals surface area contributed by atoms with E-state index in [0.29, 0.717) is 87.3 Å². The van der Waals surface area contributed by atoms with E-state index in [0.717, 1.165) is 78.1 Å². The van der Waals surface area contributed by atoms with E-state index >= 15 is 0 Å². The molecule has 0 saturated carbocycles. The molecule has 0 heterocycles. The van der Waals surface area contributed by atoms with E-state index in [9.17, 15) is 145 Å². The Hall–Kier alpha value is -14.2. The Labute approximate surface area is 719 Å². The lowest BCUT2D eigenvalue weighted by Crippen LogP contribution is -2.18. The molecule has 0 fully saturated rings. The molecule has 0 unspecified atom stereocenters. The van der Waals surface area contributed by atoms with Crippen molar-refractivity contribution in [3.8, 4) is 48.6 Å². The van der Waals surface area contributed by atoms with Gasteiger partial charge in [0.05, 0.1) is 154 Å². The standard InChI is InChI=1S/C10H5F9.C10H5N3.3C9H6F6.2C9H6N2.2C8H7F3.C8H7N/c1-4-6(9(14,15)16)2-5(8(11,12)13)3-7(4)10(17,18)19;1-7-9(5-12)2-8(4-11)3-10(7)6-13;1-5-2-6(8(10,11)12)4-7(3-5)9(13,14)15;1-5-2-3-6(8(10,11)12)4-7(5)9(13,14)15;1-5-6(8(10,11)12)3-2-4-7(5)9(13,14)15;1-7-2-8(5-10)4-9(3-7)6-11;1-7-2-3-8(5-10)4-9(7)6-11;1-6-2-4-7(5-3-6)8(9,10)11;1-6-3-2-4-7(5-6)8(9,10)11;1-7-4-2-3-5-8(7)6-9/h2-3H,1H3;2-3H,1H3;3*2-4H,1H3;2*2-4H,1H3;2*2-5H,1H3;2-5H,1H3. The lowest BCUT2D eigenvalue weighted by atomic mass is 9.97. The van der Waals surface area contributed by atoms with Crippen LogP contribution in [0.3, 0.4) is 0 Å². The number of nitrogens with zero attached hydrogens (tertiary/aromatic N) is 8. The molecular weight excluding hydrogens is 1810 g/mol. The van der Waals surface area contributed by atoms with Crippen LogP contribution in [0.1, 0.15) is 161 Å². The van der Waals surface area contributed by atoms with Gasteiger partial charge in [-0.05, 0) is 235 Å². The number of nitriles is 8. The van der Waals surface area contributed by atoms with Crippen molar-refractivity contribution in [3.05, 3.63) is 349 Å². The molecule has 0 N–H and O–H groups in total. The molecule has 10 aromatic carbocycles. The summed E-state index contributed by atoms with van der Waals surface area (Å²) in [5.41, 5.74) is -8.01. The first-order valence-electron chi connectivity index (χ1n) is 35.2. The van der Waals surface area contributed by atoms with Crippen molar-refractivity contribution in [2.24, 2.45) is 0 Å². The second-order valence-corrected chi connectivity index (χ2v) is 26.5. The van der Waals surface area contributed by atoms with E-state index in [-0.39, 0.29) is 35.4 Å². The normalized spacial score (nSPS) is 11.3. The average Bonchev–Trinajstić information content (AvgIpc) is 0.768. The van der Waals surface area contributed by atoms with Crippen LogP contribution in [-0.4, -0.2) is 0 Å². The third kappa shape index (κ3) is 38.2. The lowest BCUT2D eigenvalue weighted by molar-refractivity contribution is -0.150. The summed E-state index contributed by atoms with van der Waals surface area (Å²) < 4.78 is 403.